The van der Waals surface area contributed by atoms with Crippen molar-refractivity contribution in [2.75, 3.05) is 19.6 Å². The first-order chi connectivity index (χ1) is 9.66. The quantitative estimate of drug-likeness (QED) is 0.695. The van der Waals surface area contributed by atoms with Crippen LogP contribution >= 0.6 is 0 Å². The summed E-state index contributed by atoms with van der Waals surface area (Å²) >= 11 is 0. The predicted octanol–water partition coefficient (Wildman–Crippen LogP) is 0.825. The summed E-state index contributed by atoms with van der Waals surface area (Å²) in [5, 5.41) is 6.11. The van der Waals surface area contributed by atoms with Crippen LogP contribution < -0.4 is 16.4 Å². The van der Waals surface area contributed by atoms with Gasteiger partial charge in [0.1, 0.15) is 0 Å². The first-order valence-corrected chi connectivity index (χ1v) is 6.73. The second kappa shape index (κ2) is 6.86. The van der Waals surface area contributed by atoms with E-state index in [4.69, 9.17) is 5.73 Å². The van der Waals surface area contributed by atoms with E-state index in [1.165, 1.54) is 11.6 Å². The molecule has 20 heavy (non-hydrogen) atoms. The van der Waals surface area contributed by atoms with Crippen LogP contribution in [0.3, 0.4) is 0 Å². The fraction of sp³-hybridized carbons (Fsp3) is 0.333. The van der Waals surface area contributed by atoms with Crippen molar-refractivity contribution in [3.63, 3.8) is 0 Å². The molecule has 2 rings (SSSR count). The fourth-order valence-corrected chi connectivity index (χ4v) is 2.15. The summed E-state index contributed by atoms with van der Waals surface area (Å²) in [5.74, 6) is -0.706. The number of hydrogen-bond donors (Lipinski definition) is 3. The summed E-state index contributed by atoms with van der Waals surface area (Å²) in [6, 6.07) is 6.44. The van der Waals surface area contributed by atoms with Crippen molar-refractivity contribution in [2.24, 2.45) is 5.73 Å². The maximum atomic E-state index is 12.0. The molecule has 0 spiro atoms. The van der Waals surface area contributed by atoms with Gasteiger partial charge in [-0.3, -0.25) is 9.59 Å². The predicted molar refractivity (Wildman–Crippen MR) is 77.5 cm³/mol. The minimum Gasteiger partial charge on any atom is -0.366 e. The Morgan fingerprint density at radius 1 is 1.30 bits per heavy atom. The standard InChI is InChI=1S/C15H19N3O2/c16-14(19)12-2-1-3-13(10-12)15(20)18-9-6-11-4-7-17-8-5-11/h1-4,10,17H,5-9H2,(H2,16,19)(H,18,20). The van der Waals surface area contributed by atoms with Gasteiger partial charge in [-0.2, -0.15) is 0 Å². The zero-order chi connectivity index (χ0) is 14.4. The lowest BCUT2D eigenvalue weighted by Gasteiger charge is -2.14. The Morgan fingerprint density at radius 2 is 2.10 bits per heavy atom. The number of nitrogens with two attached hydrogens (primary N) is 1. The Bertz CT molecular complexity index is 538. The second-order valence-electron chi connectivity index (χ2n) is 4.77. The van der Waals surface area contributed by atoms with Crippen LogP contribution in [0.15, 0.2) is 35.9 Å². The molecule has 1 aliphatic heterocycles. The van der Waals surface area contributed by atoms with E-state index in [0.717, 1.165) is 25.9 Å². The van der Waals surface area contributed by atoms with Gasteiger partial charge >= 0.3 is 0 Å². The van der Waals surface area contributed by atoms with Gasteiger partial charge in [-0.05, 0) is 37.6 Å². The SMILES string of the molecule is NC(=O)c1cccc(C(=O)NCCC2=CCNCC2)c1. The van der Waals surface area contributed by atoms with Crippen LogP contribution in [0.25, 0.3) is 0 Å². The van der Waals surface area contributed by atoms with E-state index >= 15 is 0 Å². The van der Waals surface area contributed by atoms with Gasteiger partial charge in [0.15, 0.2) is 0 Å². The molecule has 0 bridgehead atoms. The molecular weight excluding hydrogens is 254 g/mol. The number of nitrogens with one attached hydrogen (secondary N) is 2. The lowest BCUT2D eigenvalue weighted by atomic mass is 10.1. The van der Waals surface area contributed by atoms with Gasteiger partial charge in [-0.1, -0.05) is 17.7 Å². The van der Waals surface area contributed by atoms with Crippen molar-refractivity contribution < 1.29 is 9.59 Å². The Labute approximate surface area is 118 Å². The van der Waals surface area contributed by atoms with E-state index in [1.54, 1.807) is 18.2 Å². The maximum Gasteiger partial charge on any atom is 0.251 e. The van der Waals surface area contributed by atoms with Crippen molar-refractivity contribution in [3.8, 4) is 0 Å². The van der Waals surface area contributed by atoms with Crippen molar-refractivity contribution in [1.82, 2.24) is 10.6 Å². The highest BCUT2D eigenvalue weighted by Crippen LogP contribution is 2.09. The number of rotatable bonds is 5. The van der Waals surface area contributed by atoms with Crippen molar-refractivity contribution in [1.29, 1.82) is 0 Å². The third-order valence-corrected chi connectivity index (χ3v) is 3.30. The Morgan fingerprint density at radius 3 is 2.80 bits per heavy atom. The molecule has 0 radical (unpaired) electrons. The third-order valence-electron chi connectivity index (χ3n) is 3.30. The van der Waals surface area contributed by atoms with E-state index in [9.17, 15) is 9.59 Å². The molecule has 4 N–H and O–H groups in total. The largest absolute Gasteiger partial charge is 0.366 e. The molecule has 1 aromatic rings. The van der Waals surface area contributed by atoms with E-state index in [-0.39, 0.29) is 5.91 Å². The summed E-state index contributed by atoms with van der Waals surface area (Å²) in [6.45, 7) is 2.51. The highest BCUT2D eigenvalue weighted by atomic mass is 16.2. The highest BCUT2D eigenvalue weighted by molar-refractivity contribution is 5.99. The molecule has 0 unspecified atom stereocenters. The van der Waals surface area contributed by atoms with Gasteiger partial charge in [-0.15, -0.1) is 0 Å². The first kappa shape index (κ1) is 14.3. The van der Waals surface area contributed by atoms with Crippen molar-refractivity contribution >= 4 is 11.8 Å². The van der Waals surface area contributed by atoms with Gasteiger partial charge in [-0.25, -0.2) is 0 Å². The summed E-state index contributed by atoms with van der Waals surface area (Å²) in [4.78, 5) is 23.0. The van der Waals surface area contributed by atoms with Gasteiger partial charge in [0.25, 0.3) is 5.91 Å². The minimum atomic E-state index is -0.528. The first-order valence-electron chi connectivity index (χ1n) is 6.73. The molecule has 1 heterocycles. The number of hydrogen-bond acceptors (Lipinski definition) is 3. The zero-order valence-electron chi connectivity index (χ0n) is 11.3. The average molecular weight is 273 g/mol. The van der Waals surface area contributed by atoms with E-state index in [0.29, 0.717) is 17.7 Å². The van der Waals surface area contributed by atoms with Crippen LogP contribution in [0.2, 0.25) is 0 Å². The Hall–Kier alpha value is -2.14. The number of carbonyl (C=O) groups is 2. The second-order valence-corrected chi connectivity index (χ2v) is 4.77. The number of amides is 2. The molecule has 106 valence electrons. The van der Waals surface area contributed by atoms with Crippen LogP contribution in [-0.2, 0) is 0 Å². The van der Waals surface area contributed by atoms with Gasteiger partial charge < -0.3 is 16.4 Å². The van der Waals surface area contributed by atoms with E-state index in [2.05, 4.69) is 16.7 Å². The monoisotopic (exact) mass is 273 g/mol. The van der Waals surface area contributed by atoms with Crippen molar-refractivity contribution in [3.05, 3.63) is 47.0 Å². The molecule has 5 heteroatoms. The molecule has 0 saturated heterocycles. The van der Waals surface area contributed by atoms with E-state index < -0.39 is 5.91 Å². The Balaban J connectivity index is 1.86. The van der Waals surface area contributed by atoms with E-state index in [1.807, 2.05) is 0 Å². The molecule has 0 fully saturated rings. The minimum absolute atomic E-state index is 0.178. The molecule has 5 nitrogen and oxygen atoms in total. The smallest absolute Gasteiger partial charge is 0.251 e. The highest BCUT2D eigenvalue weighted by Gasteiger charge is 2.09. The fourth-order valence-electron chi connectivity index (χ4n) is 2.15. The lowest BCUT2D eigenvalue weighted by molar-refractivity contribution is 0.0954. The molecule has 2 amide bonds. The van der Waals surface area contributed by atoms with Crippen LogP contribution in [-0.4, -0.2) is 31.4 Å². The maximum absolute atomic E-state index is 12.0. The van der Waals surface area contributed by atoms with Crippen LogP contribution in [0, 0.1) is 0 Å². The normalized spacial score (nSPS) is 14.5. The summed E-state index contributed by atoms with van der Waals surface area (Å²) in [5.41, 5.74) is 7.37. The number of benzene rings is 1. The van der Waals surface area contributed by atoms with Crippen molar-refractivity contribution in [2.45, 2.75) is 12.8 Å². The van der Waals surface area contributed by atoms with Crippen LogP contribution in [0.4, 0.5) is 0 Å². The summed E-state index contributed by atoms with van der Waals surface area (Å²) < 4.78 is 0. The average Bonchev–Trinajstić information content (AvgIpc) is 2.48. The molecule has 0 aliphatic carbocycles. The van der Waals surface area contributed by atoms with Crippen LogP contribution in [0.1, 0.15) is 33.6 Å². The molecule has 1 aliphatic rings. The topological polar surface area (TPSA) is 84.2 Å². The van der Waals surface area contributed by atoms with Gasteiger partial charge in [0.05, 0.1) is 0 Å². The third kappa shape index (κ3) is 3.93. The van der Waals surface area contributed by atoms with Gasteiger partial charge in [0, 0.05) is 24.2 Å². The molecule has 0 aromatic heterocycles. The zero-order valence-corrected chi connectivity index (χ0v) is 11.3. The molecular formula is C15H19N3O2. The number of carbonyl (C=O) groups excluding carboxylic acids is 2. The van der Waals surface area contributed by atoms with Gasteiger partial charge in [0.2, 0.25) is 5.91 Å². The lowest BCUT2D eigenvalue weighted by Crippen LogP contribution is -2.27. The summed E-state index contributed by atoms with van der Waals surface area (Å²) in [7, 11) is 0. The van der Waals surface area contributed by atoms with Crippen LogP contribution in [0.5, 0.6) is 0 Å². The molecule has 0 saturated carbocycles. The number of primary amides is 1. The Kier molecular flexibility index (Phi) is 4.90. The molecule has 0 atom stereocenters. The summed E-state index contributed by atoms with van der Waals surface area (Å²) in [6.07, 6.45) is 4.07. The molecule has 1 aromatic carbocycles.